The third-order valence-corrected chi connectivity index (χ3v) is 6.62. The third kappa shape index (κ3) is 3.01. The number of β-lactam (4-membered cyclic amide) rings is 1. The van der Waals surface area contributed by atoms with E-state index >= 15 is 0 Å². The van der Waals surface area contributed by atoms with Crippen LogP contribution in [0.15, 0.2) is 15.8 Å². The second-order valence-electron chi connectivity index (χ2n) is 5.46. The van der Waals surface area contributed by atoms with Gasteiger partial charge in [-0.15, -0.1) is 16.9 Å². The molecule has 1 aromatic heterocycles. The molecule has 2 unspecified atom stereocenters. The Balaban J connectivity index is 1.90. The zero-order valence-electron chi connectivity index (χ0n) is 13.6. The van der Waals surface area contributed by atoms with Crippen molar-refractivity contribution in [2.24, 2.45) is 7.05 Å². The molecule has 1 aromatic rings. The number of hydrogen-bond donors (Lipinski definition) is 2. The van der Waals surface area contributed by atoms with E-state index in [2.05, 4.69) is 20.8 Å². The van der Waals surface area contributed by atoms with Crippen molar-refractivity contribution >= 4 is 41.3 Å². The Labute approximate surface area is 155 Å². The fraction of sp³-hybridized carbons (Fsp3) is 0.462. The molecule has 0 radical (unpaired) electrons. The van der Waals surface area contributed by atoms with Gasteiger partial charge in [-0.05, 0) is 29.1 Å². The summed E-state index contributed by atoms with van der Waals surface area (Å²) in [5.74, 6) is -2.33. The molecule has 11 nitrogen and oxygen atoms in total. The molecule has 13 heteroatoms. The minimum absolute atomic E-state index is 0.134. The molecule has 1 fully saturated rings. The highest BCUT2D eigenvalue weighted by Crippen LogP contribution is 2.48. The van der Waals surface area contributed by atoms with Crippen LogP contribution in [0.1, 0.15) is 13.3 Å². The molecule has 2 amide bonds. The maximum absolute atomic E-state index is 12.4. The Morgan fingerprint density at radius 2 is 2.23 bits per heavy atom. The van der Waals surface area contributed by atoms with Crippen LogP contribution in [-0.2, 0) is 21.4 Å². The topological polar surface area (TPSA) is 154 Å². The molecular weight excluding hydrogens is 382 g/mol. The summed E-state index contributed by atoms with van der Waals surface area (Å²) in [7, 11) is 1.63. The van der Waals surface area contributed by atoms with E-state index in [9.17, 15) is 19.5 Å². The molecule has 3 heterocycles. The normalized spacial score (nSPS) is 24.6. The fourth-order valence-electron chi connectivity index (χ4n) is 2.60. The molecule has 0 aromatic carbocycles. The van der Waals surface area contributed by atoms with E-state index < -0.39 is 29.2 Å². The van der Waals surface area contributed by atoms with Crippen molar-refractivity contribution in [2.45, 2.75) is 35.2 Å². The first kappa shape index (κ1) is 18.2. The van der Waals surface area contributed by atoms with Gasteiger partial charge in [0.05, 0.1) is 6.07 Å². The molecule has 0 saturated carbocycles. The molecule has 1 saturated heterocycles. The lowest BCUT2D eigenvalue weighted by Gasteiger charge is -2.50. The van der Waals surface area contributed by atoms with Gasteiger partial charge in [0, 0.05) is 17.2 Å². The zero-order chi connectivity index (χ0) is 19.0. The van der Waals surface area contributed by atoms with E-state index in [4.69, 9.17) is 5.26 Å². The molecule has 3 rings (SSSR count). The van der Waals surface area contributed by atoms with Gasteiger partial charge in [-0.2, -0.15) is 5.26 Å². The average molecular weight is 395 g/mol. The van der Waals surface area contributed by atoms with Gasteiger partial charge in [0.25, 0.3) is 5.91 Å². The van der Waals surface area contributed by atoms with Gasteiger partial charge >= 0.3 is 5.97 Å². The number of carboxylic acids is 1. The largest absolute Gasteiger partial charge is 0.477 e. The van der Waals surface area contributed by atoms with E-state index in [-0.39, 0.29) is 17.4 Å². The molecule has 2 N–H and O–H groups in total. The molecule has 0 spiro atoms. The van der Waals surface area contributed by atoms with Crippen LogP contribution < -0.4 is 5.32 Å². The number of carboxylic acid groups (broad SMARTS) is 1. The Morgan fingerprint density at radius 3 is 2.81 bits per heavy atom. The Hall–Kier alpha value is -2.59. The van der Waals surface area contributed by atoms with Crippen LogP contribution in [-0.4, -0.2) is 64.7 Å². The van der Waals surface area contributed by atoms with Crippen LogP contribution in [0, 0.1) is 11.3 Å². The van der Waals surface area contributed by atoms with Crippen molar-refractivity contribution in [2.75, 3.05) is 0 Å². The highest BCUT2D eigenvalue weighted by Gasteiger charge is 2.55. The van der Waals surface area contributed by atoms with Gasteiger partial charge in [-0.3, -0.25) is 14.5 Å². The lowest BCUT2D eigenvalue weighted by atomic mass is 10.0. The summed E-state index contributed by atoms with van der Waals surface area (Å²) in [6.07, 6.45) is -0.362. The molecular formula is C13H13N7O4S2. The van der Waals surface area contributed by atoms with Gasteiger partial charge in [-0.1, -0.05) is 0 Å². The average Bonchev–Trinajstić information content (AvgIpc) is 2.99. The standard InChI is InChI=1S/C13H13N7O4S2/c1-5-9(26-13-16-17-18-19(13)2)8(12(23)24)20-10(22)7(11(20)25-5)15-6(21)3-4-14/h5,7,11H,3H2,1-2H3,(H,15,21)(H,23,24)/t5?,7?,11-/m1/s1. The number of hydrogen-bond acceptors (Lipinski definition) is 9. The SMILES string of the molecule is CC1S[C@@H]2C(NC(=O)CC#N)C(=O)N2C(C(=O)O)=C1Sc1nnnn1C. The number of aromatic nitrogens is 4. The quantitative estimate of drug-likeness (QED) is 0.612. The van der Waals surface area contributed by atoms with E-state index in [1.807, 2.05) is 6.92 Å². The summed E-state index contributed by atoms with van der Waals surface area (Å²) < 4.78 is 1.41. The van der Waals surface area contributed by atoms with Gasteiger partial charge in [0.15, 0.2) is 0 Å². The Morgan fingerprint density at radius 1 is 1.50 bits per heavy atom. The van der Waals surface area contributed by atoms with Crippen molar-refractivity contribution in [3.8, 4) is 6.07 Å². The lowest BCUT2D eigenvalue weighted by molar-refractivity contribution is -0.150. The van der Waals surface area contributed by atoms with E-state index in [1.54, 1.807) is 13.1 Å². The van der Waals surface area contributed by atoms with Gasteiger partial charge in [-0.25, -0.2) is 9.48 Å². The predicted molar refractivity (Wildman–Crippen MR) is 89.2 cm³/mol. The Kier molecular flexibility index (Phi) is 4.88. The van der Waals surface area contributed by atoms with Crippen LogP contribution >= 0.6 is 23.5 Å². The highest BCUT2D eigenvalue weighted by molar-refractivity contribution is 8.06. The van der Waals surface area contributed by atoms with Gasteiger partial charge in [0.1, 0.15) is 23.5 Å². The highest BCUT2D eigenvalue weighted by atomic mass is 32.2. The first-order chi connectivity index (χ1) is 12.3. The summed E-state index contributed by atoms with van der Waals surface area (Å²) in [5.41, 5.74) is -0.134. The molecule has 0 aliphatic carbocycles. The number of aryl methyl sites for hydroxylation is 1. The number of nitrogens with zero attached hydrogens (tertiary/aromatic N) is 6. The minimum Gasteiger partial charge on any atom is -0.477 e. The van der Waals surface area contributed by atoms with Crippen molar-refractivity contribution in [3.05, 3.63) is 10.6 Å². The monoisotopic (exact) mass is 395 g/mol. The number of aliphatic carboxylic acids is 1. The number of fused-ring (bicyclic) bond motifs is 1. The molecule has 2 aliphatic rings. The molecule has 0 bridgehead atoms. The number of nitriles is 1. The van der Waals surface area contributed by atoms with Crippen molar-refractivity contribution in [1.82, 2.24) is 30.4 Å². The fourth-order valence-corrected chi connectivity index (χ4v) is 5.13. The minimum atomic E-state index is -1.24. The summed E-state index contributed by atoms with van der Waals surface area (Å²) >= 11 is 2.44. The number of carbonyl (C=O) groups is 3. The first-order valence-corrected chi connectivity index (χ1v) is 9.13. The maximum atomic E-state index is 12.4. The van der Waals surface area contributed by atoms with Crippen molar-refractivity contribution in [1.29, 1.82) is 5.26 Å². The van der Waals surface area contributed by atoms with Crippen molar-refractivity contribution in [3.63, 3.8) is 0 Å². The number of rotatable bonds is 5. The summed E-state index contributed by atoms with van der Waals surface area (Å²) in [6, 6.07) is 0.863. The summed E-state index contributed by atoms with van der Waals surface area (Å²) in [5, 5.41) is 31.4. The predicted octanol–water partition coefficient (Wildman–Crippen LogP) is -0.700. The second-order valence-corrected chi connectivity index (χ2v) is 7.93. The van der Waals surface area contributed by atoms with Crippen molar-refractivity contribution < 1.29 is 19.5 Å². The van der Waals surface area contributed by atoms with Crippen LogP contribution in [0.3, 0.4) is 0 Å². The number of thioether (sulfide) groups is 2. The molecule has 136 valence electrons. The zero-order valence-corrected chi connectivity index (χ0v) is 15.2. The number of amides is 2. The molecule has 3 atom stereocenters. The maximum Gasteiger partial charge on any atom is 0.353 e. The first-order valence-electron chi connectivity index (χ1n) is 7.37. The lowest BCUT2D eigenvalue weighted by Crippen LogP contribution is -2.71. The van der Waals surface area contributed by atoms with Crippen LogP contribution in [0.5, 0.6) is 0 Å². The van der Waals surface area contributed by atoms with E-state index in [0.717, 1.165) is 16.7 Å². The second kappa shape index (κ2) is 6.96. The van der Waals surface area contributed by atoms with E-state index in [1.165, 1.54) is 16.4 Å². The Bertz CT molecular complexity index is 861. The summed E-state index contributed by atoms with van der Waals surface area (Å²) in [6.45, 7) is 1.81. The summed E-state index contributed by atoms with van der Waals surface area (Å²) in [4.78, 5) is 37.5. The van der Waals surface area contributed by atoms with Gasteiger partial charge < -0.3 is 10.4 Å². The number of tetrazole rings is 1. The number of nitrogens with one attached hydrogen (secondary N) is 1. The smallest absolute Gasteiger partial charge is 0.353 e. The van der Waals surface area contributed by atoms with Crippen LogP contribution in [0.2, 0.25) is 0 Å². The molecule has 26 heavy (non-hydrogen) atoms. The third-order valence-electron chi connectivity index (χ3n) is 3.77. The molecule has 2 aliphatic heterocycles. The van der Waals surface area contributed by atoms with Crippen LogP contribution in [0.4, 0.5) is 0 Å². The van der Waals surface area contributed by atoms with E-state index in [0.29, 0.717) is 10.1 Å². The van der Waals surface area contributed by atoms with Gasteiger partial charge in [0.2, 0.25) is 11.1 Å². The van der Waals surface area contributed by atoms with Crippen LogP contribution in [0.25, 0.3) is 0 Å². The number of carbonyl (C=O) groups excluding carboxylic acids is 2.